The van der Waals surface area contributed by atoms with E-state index in [9.17, 15) is 4.79 Å². The molecule has 0 aliphatic heterocycles. The van der Waals surface area contributed by atoms with E-state index in [-0.39, 0.29) is 12.1 Å². The number of rotatable bonds is 5. The Kier molecular flexibility index (Phi) is 6.11. The maximum Gasteiger partial charge on any atom is 0.410 e. The van der Waals surface area contributed by atoms with Crippen molar-refractivity contribution in [1.82, 2.24) is 4.90 Å². The van der Waals surface area contributed by atoms with Crippen LogP contribution in [0.5, 0.6) is 0 Å². The van der Waals surface area contributed by atoms with Crippen molar-refractivity contribution in [3.63, 3.8) is 0 Å². The van der Waals surface area contributed by atoms with E-state index in [1.54, 1.807) is 18.1 Å². The molecule has 0 saturated carbocycles. The number of nitrogens with zero attached hydrogens (tertiary/aromatic N) is 1. The van der Waals surface area contributed by atoms with E-state index in [1.807, 2.05) is 27.7 Å². The van der Waals surface area contributed by atoms with Crippen LogP contribution in [0.15, 0.2) is 12.7 Å². The fourth-order valence-electron chi connectivity index (χ4n) is 1.23. The summed E-state index contributed by atoms with van der Waals surface area (Å²) >= 11 is 0. The zero-order valence-corrected chi connectivity index (χ0v) is 10.9. The normalized spacial score (nSPS) is 13.1. The topological polar surface area (TPSA) is 38.8 Å². The van der Waals surface area contributed by atoms with Crippen molar-refractivity contribution >= 4 is 6.09 Å². The second-order valence-corrected chi connectivity index (χ2v) is 4.73. The van der Waals surface area contributed by atoms with Crippen molar-refractivity contribution in [2.24, 2.45) is 0 Å². The summed E-state index contributed by atoms with van der Waals surface area (Å²) in [6, 6.07) is -0.0298. The molecule has 4 nitrogen and oxygen atoms in total. The Morgan fingerprint density at radius 2 is 2.06 bits per heavy atom. The van der Waals surface area contributed by atoms with Gasteiger partial charge in [0, 0.05) is 13.7 Å². The molecule has 16 heavy (non-hydrogen) atoms. The molecule has 0 aromatic carbocycles. The molecule has 0 bridgehead atoms. The van der Waals surface area contributed by atoms with E-state index in [1.165, 1.54) is 0 Å². The highest BCUT2D eigenvalue weighted by Crippen LogP contribution is 2.12. The van der Waals surface area contributed by atoms with Crippen molar-refractivity contribution in [2.45, 2.75) is 39.3 Å². The van der Waals surface area contributed by atoms with Gasteiger partial charge < -0.3 is 9.47 Å². The highest BCUT2D eigenvalue weighted by Gasteiger charge is 2.24. The lowest BCUT2D eigenvalue weighted by Gasteiger charge is -2.30. The van der Waals surface area contributed by atoms with Crippen LogP contribution in [0, 0.1) is 0 Å². The fraction of sp³-hybridized carbons (Fsp3) is 0.750. The molecule has 0 spiro atoms. The SMILES string of the molecule is C=CCN(C(=O)OC(C)(C)C)C(C)COC. The van der Waals surface area contributed by atoms with E-state index in [2.05, 4.69) is 6.58 Å². The van der Waals surface area contributed by atoms with Crippen LogP contribution >= 0.6 is 0 Å². The largest absolute Gasteiger partial charge is 0.444 e. The van der Waals surface area contributed by atoms with Crippen LogP contribution in [0.1, 0.15) is 27.7 Å². The molecule has 0 saturated heterocycles. The summed E-state index contributed by atoms with van der Waals surface area (Å²) in [4.78, 5) is 13.5. The average Bonchev–Trinajstić information content (AvgIpc) is 2.11. The van der Waals surface area contributed by atoms with Gasteiger partial charge in [-0.25, -0.2) is 4.79 Å². The number of carbonyl (C=O) groups excluding carboxylic acids is 1. The minimum Gasteiger partial charge on any atom is -0.444 e. The summed E-state index contributed by atoms with van der Waals surface area (Å²) in [7, 11) is 1.61. The first-order valence-electron chi connectivity index (χ1n) is 5.41. The Balaban J connectivity index is 4.51. The Bertz CT molecular complexity index is 233. The van der Waals surface area contributed by atoms with E-state index >= 15 is 0 Å². The van der Waals surface area contributed by atoms with Gasteiger partial charge in [0.1, 0.15) is 5.60 Å². The van der Waals surface area contributed by atoms with Gasteiger partial charge >= 0.3 is 6.09 Å². The Morgan fingerprint density at radius 1 is 1.50 bits per heavy atom. The van der Waals surface area contributed by atoms with E-state index in [0.29, 0.717) is 13.2 Å². The quantitative estimate of drug-likeness (QED) is 0.680. The molecular weight excluding hydrogens is 206 g/mol. The first-order valence-corrected chi connectivity index (χ1v) is 5.41. The van der Waals surface area contributed by atoms with E-state index in [0.717, 1.165) is 0 Å². The molecule has 1 unspecified atom stereocenters. The summed E-state index contributed by atoms with van der Waals surface area (Å²) in [6.07, 6.45) is 1.34. The third kappa shape index (κ3) is 5.75. The molecule has 0 aromatic rings. The molecule has 0 heterocycles. The van der Waals surface area contributed by atoms with Crippen LogP contribution in [0.2, 0.25) is 0 Å². The van der Waals surface area contributed by atoms with E-state index < -0.39 is 5.60 Å². The molecule has 4 heteroatoms. The fourth-order valence-corrected chi connectivity index (χ4v) is 1.23. The zero-order valence-electron chi connectivity index (χ0n) is 10.9. The number of hydrogen-bond acceptors (Lipinski definition) is 3. The molecule has 0 aliphatic rings. The summed E-state index contributed by atoms with van der Waals surface area (Å²) < 4.78 is 10.3. The van der Waals surface area contributed by atoms with Crippen molar-refractivity contribution in [2.75, 3.05) is 20.3 Å². The van der Waals surface area contributed by atoms with Gasteiger partial charge in [0.2, 0.25) is 0 Å². The lowest BCUT2D eigenvalue weighted by molar-refractivity contribution is 0.0116. The first-order chi connectivity index (χ1) is 7.31. The van der Waals surface area contributed by atoms with Crippen molar-refractivity contribution in [3.05, 3.63) is 12.7 Å². The summed E-state index contributed by atoms with van der Waals surface area (Å²) in [5.41, 5.74) is -0.483. The van der Waals surface area contributed by atoms with Gasteiger partial charge in [-0.2, -0.15) is 0 Å². The maximum atomic E-state index is 11.9. The minimum atomic E-state index is -0.483. The van der Waals surface area contributed by atoms with Gasteiger partial charge in [-0.3, -0.25) is 4.90 Å². The van der Waals surface area contributed by atoms with Gasteiger partial charge in [0.15, 0.2) is 0 Å². The average molecular weight is 229 g/mol. The van der Waals surface area contributed by atoms with Crippen LogP contribution < -0.4 is 0 Å². The van der Waals surface area contributed by atoms with Crippen LogP contribution in [-0.2, 0) is 9.47 Å². The van der Waals surface area contributed by atoms with Crippen LogP contribution in [0.3, 0.4) is 0 Å². The second kappa shape index (κ2) is 6.53. The Morgan fingerprint density at radius 3 is 2.44 bits per heavy atom. The monoisotopic (exact) mass is 229 g/mol. The predicted octanol–water partition coefficient (Wildman–Crippen LogP) is 2.44. The third-order valence-corrected chi connectivity index (χ3v) is 1.89. The van der Waals surface area contributed by atoms with Crippen LogP contribution in [0.4, 0.5) is 4.79 Å². The molecule has 0 aliphatic carbocycles. The third-order valence-electron chi connectivity index (χ3n) is 1.89. The molecule has 0 fully saturated rings. The van der Waals surface area contributed by atoms with Crippen molar-refractivity contribution in [3.8, 4) is 0 Å². The molecule has 0 aromatic heterocycles. The minimum absolute atomic E-state index is 0.0298. The van der Waals surface area contributed by atoms with E-state index in [4.69, 9.17) is 9.47 Å². The van der Waals surface area contributed by atoms with Crippen molar-refractivity contribution < 1.29 is 14.3 Å². The zero-order chi connectivity index (χ0) is 12.8. The number of hydrogen-bond donors (Lipinski definition) is 0. The van der Waals surface area contributed by atoms with Gasteiger partial charge in [0.05, 0.1) is 12.6 Å². The number of ether oxygens (including phenoxy) is 2. The first kappa shape index (κ1) is 15.0. The molecule has 94 valence electrons. The second-order valence-electron chi connectivity index (χ2n) is 4.73. The van der Waals surface area contributed by atoms with Gasteiger partial charge in [-0.15, -0.1) is 6.58 Å². The summed E-state index contributed by atoms with van der Waals surface area (Å²) in [5, 5.41) is 0. The van der Waals surface area contributed by atoms with Gasteiger partial charge in [-0.1, -0.05) is 6.08 Å². The van der Waals surface area contributed by atoms with Crippen molar-refractivity contribution in [1.29, 1.82) is 0 Å². The molecule has 0 rings (SSSR count). The van der Waals surface area contributed by atoms with Crippen LogP contribution in [-0.4, -0.2) is 42.9 Å². The highest BCUT2D eigenvalue weighted by molar-refractivity contribution is 5.68. The maximum absolute atomic E-state index is 11.9. The van der Waals surface area contributed by atoms with Crippen LogP contribution in [0.25, 0.3) is 0 Å². The summed E-state index contributed by atoms with van der Waals surface area (Å²) in [5.74, 6) is 0. The highest BCUT2D eigenvalue weighted by atomic mass is 16.6. The summed E-state index contributed by atoms with van der Waals surface area (Å²) in [6.45, 7) is 12.0. The number of carbonyl (C=O) groups is 1. The lowest BCUT2D eigenvalue weighted by Crippen LogP contribution is -2.44. The number of amides is 1. The Labute approximate surface area is 98.2 Å². The lowest BCUT2D eigenvalue weighted by atomic mass is 10.2. The van der Waals surface area contributed by atoms with Gasteiger partial charge in [0.25, 0.3) is 0 Å². The Hall–Kier alpha value is -1.03. The molecule has 0 N–H and O–H groups in total. The predicted molar refractivity (Wildman–Crippen MR) is 64.5 cm³/mol. The number of methoxy groups -OCH3 is 1. The molecule has 1 atom stereocenters. The smallest absolute Gasteiger partial charge is 0.410 e. The molecular formula is C12H23NO3. The standard InChI is InChI=1S/C12H23NO3/c1-7-8-13(10(2)9-15-6)11(14)16-12(3,4)5/h7,10H,1,8-9H2,2-6H3. The van der Waals surface area contributed by atoms with Gasteiger partial charge in [-0.05, 0) is 27.7 Å². The molecule has 0 radical (unpaired) electrons. The molecule has 1 amide bonds.